The van der Waals surface area contributed by atoms with Gasteiger partial charge in [-0.05, 0) is 24.1 Å². The third kappa shape index (κ3) is 2.62. The highest BCUT2D eigenvalue weighted by molar-refractivity contribution is 6.20. The van der Waals surface area contributed by atoms with Crippen LogP contribution in [0.2, 0.25) is 0 Å². The van der Waals surface area contributed by atoms with E-state index in [9.17, 15) is 0 Å². The molecule has 1 aromatic carbocycles. The largest absolute Gasteiger partial charge is 0.490 e. The van der Waals surface area contributed by atoms with E-state index >= 15 is 0 Å². The normalized spacial score (nSPS) is 16.6. The van der Waals surface area contributed by atoms with Gasteiger partial charge in [-0.1, -0.05) is 19.4 Å². The monoisotopic (exact) mass is 240 g/mol. The van der Waals surface area contributed by atoms with Gasteiger partial charge in [0, 0.05) is 6.42 Å². The Bertz CT molecular complexity index is 352. The van der Waals surface area contributed by atoms with Crippen LogP contribution in [0.15, 0.2) is 18.2 Å². The topological polar surface area (TPSA) is 18.5 Å². The summed E-state index contributed by atoms with van der Waals surface area (Å²) in [5.74, 6) is 1.67. The van der Waals surface area contributed by atoms with Crippen molar-refractivity contribution < 1.29 is 9.47 Å². The molecule has 0 aliphatic carbocycles. The van der Waals surface area contributed by atoms with Crippen LogP contribution in [0.5, 0.6) is 11.5 Å². The molecule has 0 spiro atoms. The fraction of sp³-hybridized carbons (Fsp3) is 0.538. The number of ether oxygens (including phenoxy) is 2. The van der Waals surface area contributed by atoms with Gasteiger partial charge in [0.25, 0.3) is 0 Å². The molecule has 0 saturated carbocycles. The van der Waals surface area contributed by atoms with E-state index in [1.807, 2.05) is 18.2 Å². The average molecular weight is 241 g/mol. The molecule has 1 aliphatic rings. The predicted molar refractivity (Wildman–Crippen MR) is 65.6 cm³/mol. The summed E-state index contributed by atoms with van der Waals surface area (Å²) in [6.45, 7) is 3.58. The molecule has 16 heavy (non-hydrogen) atoms. The van der Waals surface area contributed by atoms with E-state index < -0.39 is 0 Å². The van der Waals surface area contributed by atoms with Crippen LogP contribution >= 0.6 is 11.6 Å². The van der Waals surface area contributed by atoms with E-state index in [2.05, 4.69) is 6.92 Å². The Labute approximate surface area is 102 Å². The molecule has 1 aliphatic heterocycles. The first-order chi connectivity index (χ1) is 7.81. The van der Waals surface area contributed by atoms with Crippen LogP contribution < -0.4 is 9.47 Å². The number of hydrogen-bond acceptors (Lipinski definition) is 2. The quantitative estimate of drug-likeness (QED) is 0.746. The van der Waals surface area contributed by atoms with Gasteiger partial charge in [-0.2, -0.15) is 0 Å². The summed E-state index contributed by atoms with van der Waals surface area (Å²) < 4.78 is 11.2. The maximum atomic E-state index is 6.29. The number of halogens is 1. The number of benzene rings is 1. The van der Waals surface area contributed by atoms with Gasteiger partial charge >= 0.3 is 0 Å². The predicted octanol–water partition coefficient (Wildman–Crippen LogP) is 3.93. The summed E-state index contributed by atoms with van der Waals surface area (Å²) in [5, 5.41) is 0.0714. The van der Waals surface area contributed by atoms with Crippen molar-refractivity contribution in [2.45, 2.75) is 31.6 Å². The molecular formula is C13H17ClO2. The summed E-state index contributed by atoms with van der Waals surface area (Å²) in [6, 6.07) is 6.00. The Balaban J connectivity index is 2.20. The summed E-state index contributed by atoms with van der Waals surface area (Å²) in [4.78, 5) is 0. The Morgan fingerprint density at radius 1 is 1.25 bits per heavy atom. The van der Waals surface area contributed by atoms with Crippen molar-refractivity contribution in [1.29, 1.82) is 0 Å². The second kappa shape index (κ2) is 5.44. The lowest BCUT2D eigenvalue weighted by Gasteiger charge is -2.12. The smallest absolute Gasteiger partial charge is 0.161 e. The third-order valence-corrected chi connectivity index (χ3v) is 3.15. The Hall–Kier alpha value is -0.890. The lowest BCUT2D eigenvalue weighted by Crippen LogP contribution is -1.97. The standard InChI is InChI=1S/C13H17ClO2/c1-2-4-11(14)10-5-6-12-13(9-10)16-8-3-7-15-12/h5-6,9,11H,2-4,7-8H2,1H3. The van der Waals surface area contributed by atoms with Crippen molar-refractivity contribution in [1.82, 2.24) is 0 Å². The van der Waals surface area contributed by atoms with Crippen LogP contribution in [0.4, 0.5) is 0 Å². The Kier molecular flexibility index (Phi) is 3.94. The number of hydrogen-bond donors (Lipinski definition) is 0. The molecule has 0 N–H and O–H groups in total. The molecule has 1 aromatic rings. The van der Waals surface area contributed by atoms with Gasteiger partial charge in [-0.25, -0.2) is 0 Å². The van der Waals surface area contributed by atoms with Crippen LogP contribution in [0.1, 0.15) is 37.1 Å². The minimum Gasteiger partial charge on any atom is -0.490 e. The second-order valence-corrected chi connectivity index (χ2v) is 4.54. The first-order valence-corrected chi connectivity index (χ1v) is 6.28. The van der Waals surface area contributed by atoms with Crippen molar-refractivity contribution in [3.05, 3.63) is 23.8 Å². The molecule has 0 amide bonds. The molecule has 2 nitrogen and oxygen atoms in total. The number of fused-ring (bicyclic) bond motifs is 1. The van der Waals surface area contributed by atoms with Crippen molar-refractivity contribution in [2.75, 3.05) is 13.2 Å². The van der Waals surface area contributed by atoms with E-state index in [-0.39, 0.29) is 5.38 Å². The van der Waals surface area contributed by atoms with Gasteiger partial charge in [0.2, 0.25) is 0 Å². The fourth-order valence-electron chi connectivity index (χ4n) is 1.79. The maximum absolute atomic E-state index is 6.29. The van der Waals surface area contributed by atoms with Crippen LogP contribution in [0.25, 0.3) is 0 Å². The molecule has 1 atom stereocenters. The lowest BCUT2D eigenvalue weighted by atomic mass is 10.1. The summed E-state index contributed by atoms with van der Waals surface area (Å²) in [5.41, 5.74) is 1.12. The Morgan fingerprint density at radius 3 is 2.75 bits per heavy atom. The SMILES string of the molecule is CCCC(Cl)c1ccc2c(c1)OCCCO2. The third-order valence-electron chi connectivity index (χ3n) is 2.68. The van der Waals surface area contributed by atoms with E-state index in [0.29, 0.717) is 0 Å². The first-order valence-electron chi connectivity index (χ1n) is 5.85. The summed E-state index contributed by atoms with van der Waals surface area (Å²) in [7, 11) is 0. The molecule has 2 rings (SSSR count). The van der Waals surface area contributed by atoms with Crippen LogP contribution in [0, 0.1) is 0 Å². The van der Waals surface area contributed by atoms with E-state index in [1.165, 1.54) is 0 Å². The minimum absolute atomic E-state index is 0.0714. The van der Waals surface area contributed by atoms with Crippen molar-refractivity contribution >= 4 is 11.6 Å². The Morgan fingerprint density at radius 2 is 2.00 bits per heavy atom. The summed E-state index contributed by atoms with van der Waals surface area (Å²) in [6.07, 6.45) is 3.01. The van der Waals surface area contributed by atoms with Gasteiger partial charge in [-0.3, -0.25) is 0 Å². The zero-order chi connectivity index (χ0) is 11.4. The maximum Gasteiger partial charge on any atom is 0.161 e. The molecule has 1 unspecified atom stereocenters. The molecule has 0 fully saturated rings. The van der Waals surface area contributed by atoms with Crippen molar-refractivity contribution in [3.8, 4) is 11.5 Å². The molecular weight excluding hydrogens is 224 g/mol. The van der Waals surface area contributed by atoms with Gasteiger partial charge in [0.1, 0.15) is 0 Å². The molecule has 0 aromatic heterocycles. The van der Waals surface area contributed by atoms with E-state index in [4.69, 9.17) is 21.1 Å². The molecule has 0 bridgehead atoms. The van der Waals surface area contributed by atoms with Crippen molar-refractivity contribution in [3.63, 3.8) is 0 Å². The highest BCUT2D eigenvalue weighted by Crippen LogP contribution is 2.35. The minimum atomic E-state index is 0.0714. The summed E-state index contributed by atoms with van der Waals surface area (Å²) >= 11 is 6.29. The number of rotatable bonds is 3. The molecule has 88 valence electrons. The second-order valence-electron chi connectivity index (χ2n) is 4.01. The molecule has 0 radical (unpaired) electrons. The lowest BCUT2D eigenvalue weighted by molar-refractivity contribution is 0.297. The van der Waals surface area contributed by atoms with Gasteiger partial charge in [0.05, 0.1) is 18.6 Å². The van der Waals surface area contributed by atoms with Gasteiger partial charge < -0.3 is 9.47 Å². The zero-order valence-corrected chi connectivity index (χ0v) is 10.3. The number of alkyl halides is 1. The fourth-order valence-corrected chi connectivity index (χ4v) is 2.15. The van der Waals surface area contributed by atoms with Crippen LogP contribution in [-0.4, -0.2) is 13.2 Å². The molecule has 1 heterocycles. The van der Waals surface area contributed by atoms with Crippen LogP contribution in [0.3, 0.4) is 0 Å². The molecule has 3 heteroatoms. The van der Waals surface area contributed by atoms with Crippen molar-refractivity contribution in [2.24, 2.45) is 0 Å². The first kappa shape index (κ1) is 11.6. The zero-order valence-electron chi connectivity index (χ0n) is 9.54. The highest BCUT2D eigenvalue weighted by Gasteiger charge is 2.13. The van der Waals surface area contributed by atoms with E-state index in [1.54, 1.807) is 0 Å². The average Bonchev–Trinajstić information content (AvgIpc) is 2.53. The van der Waals surface area contributed by atoms with Gasteiger partial charge in [-0.15, -0.1) is 11.6 Å². The molecule has 0 saturated heterocycles. The van der Waals surface area contributed by atoms with Crippen LogP contribution in [-0.2, 0) is 0 Å². The highest BCUT2D eigenvalue weighted by atomic mass is 35.5. The van der Waals surface area contributed by atoms with E-state index in [0.717, 1.165) is 49.5 Å². The van der Waals surface area contributed by atoms with Gasteiger partial charge in [0.15, 0.2) is 11.5 Å².